The zero-order chi connectivity index (χ0) is 26.1. The van der Waals surface area contributed by atoms with Gasteiger partial charge in [-0.05, 0) is 54.1 Å². The molecule has 37 heavy (non-hydrogen) atoms. The fourth-order valence-electron chi connectivity index (χ4n) is 3.82. The standard InChI is InChI=1S/C27H16Cl3N3O4/c1-36-27(35)33-23-20-12-19(14-4-6-16(28)7-5-14)22(18-9-8-17(29)11-21(18)30)32-26(20)37-25(23)24(34)15-3-2-10-31-13-15/h2-13H,1H3,(H,33,35). The first-order chi connectivity index (χ1) is 17.9. The molecule has 0 aliphatic carbocycles. The second kappa shape index (κ2) is 10.2. The van der Waals surface area contributed by atoms with Crippen LogP contribution < -0.4 is 5.32 Å². The molecule has 0 atom stereocenters. The number of nitrogens with zero attached hydrogens (tertiary/aromatic N) is 2. The SMILES string of the molecule is COC(=O)Nc1c(C(=O)c2cccnc2)oc2nc(-c3ccc(Cl)cc3Cl)c(-c3ccc(Cl)cc3)cc12. The molecule has 0 aliphatic rings. The van der Waals surface area contributed by atoms with Gasteiger partial charge in [-0.3, -0.25) is 15.1 Å². The highest BCUT2D eigenvalue weighted by Crippen LogP contribution is 2.41. The largest absolute Gasteiger partial charge is 0.453 e. The van der Waals surface area contributed by atoms with E-state index >= 15 is 0 Å². The molecular weight excluding hydrogens is 537 g/mol. The van der Waals surface area contributed by atoms with Crippen LogP contribution in [0.2, 0.25) is 15.1 Å². The van der Waals surface area contributed by atoms with Gasteiger partial charge in [0.1, 0.15) is 5.69 Å². The van der Waals surface area contributed by atoms with Crippen LogP contribution in [0.1, 0.15) is 16.1 Å². The smallest absolute Gasteiger partial charge is 0.411 e. The Bertz CT molecular complexity index is 1650. The summed E-state index contributed by atoms with van der Waals surface area (Å²) in [5, 5.41) is 4.39. The molecule has 10 heteroatoms. The molecule has 0 spiro atoms. The van der Waals surface area contributed by atoms with Crippen molar-refractivity contribution in [2.75, 3.05) is 12.4 Å². The molecule has 0 fully saturated rings. The topological polar surface area (TPSA) is 94.3 Å². The Morgan fingerprint density at radius 2 is 1.70 bits per heavy atom. The number of ketones is 1. The molecule has 3 aromatic heterocycles. The first-order valence-electron chi connectivity index (χ1n) is 10.8. The number of methoxy groups -OCH3 is 1. The van der Waals surface area contributed by atoms with Gasteiger partial charge in [-0.15, -0.1) is 0 Å². The molecule has 5 aromatic rings. The molecule has 0 saturated carbocycles. The number of hydrogen-bond donors (Lipinski definition) is 1. The van der Waals surface area contributed by atoms with Crippen molar-refractivity contribution in [1.29, 1.82) is 0 Å². The number of nitrogens with one attached hydrogen (secondary N) is 1. The van der Waals surface area contributed by atoms with Crippen LogP contribution in [0.25, 0.3) is 33.5 Å². The molecule has 0 aliphatic heterocycles. The summed E-state index contributed by atoms with van der Waals surface area (Å²) in [6.45, 7) is 0. The summed E-state index contributed by atoms with van der Waals surface area (Å²) in [5.41, 5.74) is 3.00. The van der Waals surface area contributed by atoms with Crippen molar-refractivity contribution < 1.29 is 18.7 Å². The molecule has 5 rings (SSSR count). The zero-order valence-electron chi connectivity index (χ0n) is 19.1. The van der Waals surface area contributed by atoms with Gasteiger partial charge in [-0.1, -0.05) is 46.9 Å². The fourth-order valence-corrected chi connectivity index (χ4v) is 4.45. The van der Waals surface area contributed by atoms with E-state index in [-0.39, 0.29) is 22.7 Å². The number of fused-ring (bicyclic) bond motifs is 1. The van der Waals surface area contributed by atoms with Crippen molar-refractivity contribution in [2.45, 2.75) is 0 Å². The molecule has 2 aromatic carbocycles. The third kappa shape index (κ3) is 4.89. The van der Waals surface area contributed by atoms with Crippen molar-refractivity contribution in [2.24, 2.45) is 0 Å². The third-order valence-electron chi connectivity index (χ3n) is 5.57. The Hall–Kier alpha value is -3.91. The number of furan rings is 1. The van der Waals surface area contributed by atoms with E-state index in [1.165, 1.54) is 13.3 Å². The van der Waals surface area contributed by atoms with E-state index in [4.69, 9.17) is 48.9 Å². The number of halogens is 3. The Balaban J connectivity index is 1.81. The van der Waals surface area contributed by atoms with Crippen LogP contribution in [0.5, 0.6) is 0 Å². The Morgan fingerprint density at radius 1 is 0.946 bits per heavy atom. The number of amides is 1. The normalized spacial score (nSPS) is 10.9. The van der Waals surface area contributed by atoms with Crippen LogP contribution in [0, 0.1) is 0 Å². The van der Waals surface area contributed by atoms with Gasteiger partial charge in [0.25, 0.3) is 0 Å². The van der Waals surface area contributed by atoms with Crippen LogP contribution in [-0.4, -0.2) is 29.0 Å². The van der Waals surface area contributed by atoms with E-state index < -0.39 is 11.9 Å². The Kier molecular flexibility index (Phi) is 6.84. The lowest BCUT2D eigenvalue weighted by Gasteiger charge is -2.12. The Morgan fingerprint density at radius 3 is 2.38 bits per heavy atom. The van der Waals surface area contributed by atoms with Gasteiger partial charge >= 0.3 is 6.09 Å². The van der Waals surface area contributed by atoms with Gasteiger partial charge in [0.15, 0.2) is 0 Å². The minimum absolute atomic E-state index is 0.109. The summed E-state index contributed by atoms with van der Waals surface area (Å²) in [6, 6.07) is 17.2. The molecule has 0 bridgehead atoms. The minimum Gasteiger partial charge on any atom is -0.453 e. The highest BCUT2D eigenvalue weighted by molar-refractivity contribution is 6.36. The lowest BCUT2D eigenvalue weighted by atomic mass is 9.98. The van der Waals surface area contributed by atoms with Gasteiger partial charge in [-0.25, -0.2) is 9.78 Å². The molecule has 184 valence electrons. The van der Waals surface area contributed by atoms with E-state index in [9.17, 15) is 9.59 Å². The van der Waals surface area contributed by atoms with E-state index in [0.29, 0.717) is 37.3 Å². The summed E-state index contributed by atoms with van der Waals surface area (Å²) in [4.78, 5) is 34.3. The van der Waals surface area contributed by atoms with E-state index in [2.05, 4.69) is 10.3 Å². The minimum atomic E-state index is -0.777. The maximum absolute atomic E-state index is 13.3. The number of carbonyl (C=O) groups excluding carboxylic acids is 2. The van der Waals surface area contributed by atoms with Crippen molar-refractivity contribution in [3.63, 3.8) is 0 Å². The number of benzene rings is 2. The lowest BCUT2D eigenvalue weighted by molar-refractivity contribution is 0.101. The predicted molar refractivity (Wildman–Crippen MR) is 144 cm³/mol. The van der Waals surface area contributed by atoms with Gasteiger partial charge < -0.3 is 9.15 Å². The van der Waals surface area contributed by atoms with Gasteiger partial charge in [0, 0.05) is 39.1 Å². The number of anilines is 1. The highest BCUT2D eigenvalue weighted by atomic mass is 35.5. The molecule has 0 unspecified atom stereocenters. The van der Waals surface area contributed by atoms with Crippen LogP contribution in [0.15, 0.2) is 77.5 Å². The summed E-state index contributed by atoms with van der Waals surface area (Å²) in [7, 11) is 1.22. The molecule has 1 N–H and O–H groups in total. The molecular formula is C27H16Cl3N3O4. The summed E-state index contributed by atoms with van der Waals surface area (Å²) < 4.78 is 10.7. The predicted octanol–water partition coefficient (Wildman–Crippen LogP) is 7.93. The molecule has 1 amide bonds. The van der Waals surface area contributed by atoms with Crippen molar-refractivity contribution in [1.82, 2.24) is 9.97 Å². The third-order valence-corrected chi connectivity index (χ3v) is 6.37. The fraction of sp³-hybridized carbons (Fsp3) is 0.0370. The first-order valence-corrected chi connectivity index (χ1v) is 12.0. The number of hydrogen-bond acceptors (Lipinski definition) is 6. The molecule has 0 radical (unpaired) electrons. The average molecular weight is 553 g/mol. The maximum atomic E-state index is 13.3. The summed E-state index contributed by atoms with van der Waals surface area (Å²) in [6.07, 6.45) is 2.18. The average Bonchev–Trinajstić information content (AvgIpc) is 3.25. The lowest BCUT2D eigenvalue weighted by Crippen LogP contribution is -2.13. The second-order valence-electron chi connectivity index (χ2n) is 7.86. The van der Waals surface area contributed by atoms with Crippen LogP contribution >= 0.6 is 34.8 Å². The van der Waals surface area contributed by atoms with Crippen molar-refractivity contribution in [3.05, 3.63) is 99.4 Å². The number of carbonyl (C=O) groups is 2. The van der Waals surface area contributed by atoms with E-state index in [0.717, 1.165) is 5.56 Å². The number of pyridine rings is 2. The highest BCUT2D eigenvalue weighted by Gasteiger charge is 2.27. The zero-order valence-corrected chi connectivity index (χ0v) is 21.4. The monoisotopic (exact) mass is 551 g/mol. The summed E-state index contributed by atoms with van der Waals surface area (Å²) >= 11 is 18.8. The molecule has 7 nitrogen and oxygen atoms in total. The van der Waals surface area contributed by atoms with Gasteiger partial charge in [0.2, 0.25) is 17.3 Å². The van der Waals surface area contributed by atoms with E-state index in [1.54, 1.807) is 54.7 Å². The van der Waals surface area contributed by atoms with E-state index in [1.807, 2.05) is 12.1 Å². The van der Waals surface area contributed by atoms with Gasteiger partial charge in [0.05, 0.1) is 23.2 Å². The van der Waals surface area contributed by atoms with Crippen LogP contribution in [-0.2, 0) is 4.74 Å². The van der Waals surface area contributed by atoms with Gasteiger partial charge in [-0.2, -0.15) is 0 Å². The summed E-state index contributed by atoms with van der Waals surface area (Å²) in [5.74, 6) is -0.612. The number of ether oxygens (including phenoxy) is 1. The Labute approximate surface area is 226 Å². The first kappa shape index (κ1) is 24.8. The number of aromatic nitrogens is 2. The van der Waals surface area contributed by atoms with Crippen molar-refractivity contribution in [3.8, 4) is 22.4 Å². The molecule has 0 saturated heterocycles. The van der Waals surface area contributed by atoms with Crippen molar-refractivity contribution >= 4 is 63.5 Å². The molecule has 3 heterocycles. The number of rotatable bonds is 5. The maximum Gasteiger partial charge on any atom is 0.411 e. The van der Waals surface area contributed by atoms with Crippen LogP contribution in [0.3, 0.4) is 0 Å². The second-order valence-corrected chi connectivity index (χ2v) is 9.14. The van der Waals surface area contributed by atoms with Crippen LogP contribution in [0.4, 0.5) is 10.5 Å². The quantitative estimate of drug-likeness (QED) is 0.223.